The van der Waals surface area contributed by atoms with Crippen LogP contribution in [0.2, 0.25) is 0 Å². The Morgan fingerprint density at radius 3 is 2.25 bits per heavy atom. The summed E-state index contributed by atoms with van der Waals surface area (Å²) in [5.74, 6) is 3.69. The minimum atomic E-state index is 0.542. The first kappa shape index (κ1) is 14.1. The lowest BCUT2D eigenvalue weighted by Crippen LogP contribution is -2.22. The third kappa shape index (κ3) is 2.79. The second kappa shape index (κ2) is 5.89. The smallest absolute Gasteiger partial charge is 0.0320 e. The van der Waals surface area contributed by atoms with E-state index in [0.29, 0.717) is 12.0 Å². The zero-order valence-corrected chi connectivity index (χ0v) is 13.2. The molecule has 0 spiro atoms. The number of hydrogen-bond donors (Lipinski definition) is 1. The summed E-state index contributed by atoms with van der Waals surface area (Å²) in [6, 6.07) is 9.84. The first-order valence-corrected chi connectivity index (χ1v) is 8.44. The lowest BCUT2D eigenvalue weighted by Gasteiger charge is -2.27. The molecule has 1 aromatic carbocycles. The molecule has 1 nitrogen and oxygen atoms in total. The highest BCUT2D eigenvalue weighted by molar-refractivity contribution is 5.27. The Morgan fingerprint density at radius 1 is 1.05 bits per heavy atom. The van der Waals surface area contributed by atoms with Crippen molar-refractivity contribution in [2.75, 3.05) is 7.05 Å². The summed E-state index contributed by atoms with van der Waals surface area (Å²) >= 11 is 0. The van der Waals surface area contributed by atoms with Crippen molar-refractivity contribution in [3.8, 4) is 0 Å². The van der Waals surface area contributed by atoms with Gasteiger partial charge in [0.1, 0.15) is 0 Å². The lowest BCUT2D eigenvalue weighted by atomic mass is 9.82. The molecule has 4 unspecified atom stereocenters. The van der Waals surface area contributed by atoms with Crippen LogP contribution in [0.3, 0.4) is 0 Å². The van der Waals surface area contributed by atoms with Crippen molar-refractivity contribution in [2.45, 2.75) is 57.9 Å². The second-order valence-corrected chi connectivity index (χ2v) is 7.33. The first-order chi connectivity index (χ1) is 9.67. The Hall–Kier alpha value is -0.820. The Labute approximate surface area is 124 Å². The van der Waals surface area contributed by atoms with Gasteiger partial charge >= 0.3 is 0 Å². The van der Waals surface area contributed by atoms with Crippen molar-refractivity contribution in [3.63, 3.8) is 0 Å². The highest BCUT2D eigenvalue weighted by Gasteiger charge is 2.40. The van der Waals surface area contributed by atoms with E-state index >= 15 is 0 Å². The normalized spacial score (nSPS) is 30.1. The van der Waals surface area contributed by atoms with Gasteiger partial charge in [0.25, 0.3) is 0 Å². The van der Waals surface area contributed by atoms with Crippen LogP contribution in [0.25, 0.3) is 0 Å². The number of hydrogen-bond acceptors (Lipinski definition) is 1. The fourth-order valence-corrected chi connectivity index (χ4v) is 4.50. The average molecular weight is 271 g/mol. The first-order valence-electron chi connectivity index (χ1n) is 8.44. The van der Waals surface area contributed by atoms with Crippen molar-refractivity contribution >= 4 is 0 Å². The minimum absolute atomic E-state index is 0.542. The molecular formula is C19H29N. The van der Waals surface area contributed by atoms with Crippen molar-refractivity contribution in [2.24, 2.45) is 17.8 Å². The summed E-state index contributed by atoms with van der Waals surface area (Å²) in [4.78, 5) is 0. The van der Waals surface area contributed by atoms with Crippen LogP contribution < -0.4 is 5.32 Å². The molecule has 20 heavy (non-hydrogen) atoms. The molecular weight excluding hydrogens is 242 g/mol. The molecule has 110 valence electrons. The van der Waals surface area contributed by atoms with E-state index < -0.39 is 0 Å². The molecule has 0 aliphatic heterocycles. The summed E-state index contributed by atoms with van der Waals surface area (Å²) in [7, 11) is 2.12. The zero-order chi connectivity index (χ0) is 14.1. The van der Waals surface area contributed by atoms with Gasteiger partial charge in [-0.05, 0) is 67.5 Å². The van der Waals surface area contributed by atoms with Crippen LogP contribution in [-0.4, -0.2) is 7.05 Å². The van der Waals surface area contributed by atoms with E-state index in [0.717, 1.165) is 17.8 Å². The third-order valence-electron chi connectivity index (χ3n) is 5.78. The maximum atomic E-state index is 3.55. The molecule has 3 rings (SSSR count). The fraction of sp³-hybridized carbons (Fsp3) is 0.684. The molecule has 0 heterocycles. The fourth-order valence-electron chi connectivity index (χ4n) is 4.50. The van der Waals surface area contributed by atoms with E-state index in [1.54, 1.807) is 0 Å². The standard InChI is InChI=1S/C19H29N/c1-13(2)15-6-8-16(9-7-15)19(20-3)12-18-11-14-4-5-17(18)10-14/h6-9,13-14,17-20H,4-5,10-12H2,1-3H3. The van der Waals surface area contributed by atoms with Gasteiger partial charge in [-0.25, -0.2) is 0 Å². The summed E-state index contributed by atoms with van der Waals surface area (Å²) in [5.41, 5.74) is 2.92. The molecule has 2 fully saturated rings. The molecule has 0 saturated heterocycles. The highest BCUT2D eigenvalue weighted by atomic mass is 14.9. The SMILES string of the molecule is CNC(CC1CC2CCC1C2)c1ccc(C(C)C)cc1. The summed E-state index contributed by atoms with van der Waals surface area (Å²) in [5, 5.41) is 3.55. The van der Waals surface area contributed by atoms with Gasteiger partial charge in [0, 0.05) is 6.04 Å². The van der Waals surface area contributed by atoms with Gasteiger partial charge in [0.2, 0.25) is 0 Å². The van der Waals surface area contributed by atoms with Crippen LogP contribution in [0.1, 0.15) is 69.0 Å². The molecule has 2 bridgehead atoms. The van der Waals surface area contributed by atoms with Crippen molar-refractivity contribution in [3.05, 3.63) is 35.4 Å². The van der Waals surface area contributed by atoms with Crippen LogP contribution in [0.5, 0.6) is 0 Å². The van der Waals surface area contributed by atoms with E-state index in [-0.39, 0.29) is 0 Å². The predicted octanol–water partition coefficient (Wildman–Crippen LogP) is 4.90. The third-order valence-corrected chi connectivity index (χ3v) is 5.78. The van der Waals surface area contributed by atoms with E-state index in [4.69, 9.17) is 0 Å². The van der Waals surface area contributed by atoms with Gasteiger partial charge in [-0.15, -0.1) is 0 Å². The molecule has 2 saturated carbocycles. The molecule has 2 aliphatic carbocycles. The molecule has 4 atom stereocenters. The van der Waals surface area contributed by atoms with Gasteiger partial charge in [0.15, 0.2) is 0 Å². The summed E-state index contributed by atoms with van der Waals surface area (Å²) < 4.78 is 0. The molecule has 1 heteroatoms. The molecule has 2 aliphatic rings. The van der Waals surface area contributed by atoms with Crippen molar-refractivity contribution < 1.29 is 0 Å². The molecule has 1 N–H and O–H groups in total. The average Bonchev–Trinajstić information content (AvgIpc) is 3.07. The predicted molar refractivity (Wildman–Crippen MR) is 85.9 cm³/mol. The monoisotopic (exact) mass is 271 g/mol. The zero-order valence-electron chi connectivity index (χ0n) is 13.2. The highest BCUT2D eigenvalue weighted by Crippen LogP contribution is 2.50. The van der Waals surface area contributed by atoms with E-state index in [9.17, 15) is 0 Å². The molecule has 0 aromatic heterocycles. The summed E-state index contributed by atoms with van der Waals surface area (Å²) in [6.07, 6.45) is 7.35. The van der Waals surface area contributed by atoms with E-state index in [1.807, 2.05) is 0 Å². The Bertz CT molecular complexity index is 434. The maximum absolute atomic E-state index is 3.55. The Balaban J connectivity index is 1.66. The van der Waals surface area contributed by atoms with E-state index in [1.165, 1.54) is 43.2 Å². The molecule has 0 radical (unpaired) electrons. The second-order valence-electron chi connectivity index (χ2n) is 7.33. The molecule has 0 amide bonds. The van der Waals surface area contributed by atoms with Gasteiger partial charge in [-0.1, -0.05) is 44.5 Å². The van der Waals surface area contributed by atoms with Crippen LogP contribution in [0, 0.1) is 17.8 Å². The summed E-state index contributed by atoms with van der Waals surface area (Å²) in [6.45, 7) is 4.53. The van der Waals surface area contributed by atoms with Crippen molar-refractivity contribution in [1.82, 2.24) is 5.32 Å². The van der Waals surface area contributed by atoms with Crippen LogP contribution in [0.15, 0.2) is 24.3 Å². The number of benzene rings is 1. The molecule has 1 aromatic rings. The quantitative estimate of drug-likeness (QED) is 0.803. The largest absolute Gasteiger partial charge is 0.313 e. The number of rotatable bonds is 5. The number of fused-ring (bicyclic) bond motifs is 2. The van der Waals surface area contributed by atoms with Gasteiger partial charge in [0.05, 0.1) is 0 Å². The van der Waals surface area contributed by atoms with Crippen LogP contribution in [-0.2, 0) is 0 Å². The van der Waals surface area contributed by atoms with E-state index in [2.05, 4.69) is 50.5 Å². The van der Waals surface area contributed by atoms with Crippen LogP contribution >= 0.6 is 0 Å². The number of nitrogens with one attached hydrogen (secondary N) is 1. The maximum Gasteiger partial charge on any atom is 0.0320 e. The lowest BCUT2D eigenvalue weighted by molar-refractivity contribution is 0.284. The van der Waals surface area contributed by atoms with Crippen molar-refractivity contribution in [1.29, 1.82) is 0 Å². The Kier molecular flexibility index (Phi) is 4.16. The Morgan fingerprint density at radius 2 is 1.75 bits per heavy atom. The van der Waals surface area contributed by atoms with Gasteiger partial charge in [-0.3, -0.25) is 0 Å². The van der Waals surface area contributed by atoms with Gasteiger partial charge in [-0.2, -0.15) is 0 Å². The van der Waals surface area contributed by atoms with Crippen LogP contribution in [0.4, 0.5) is 0 Å². The minimum Gasteiger partial charge on any atom is -0.313 e. The van der Waals surface area contributed by atoms with Gasteiger partial charge < -0.3 is 5.32 Å². The topological polar surface area (TPSA) is 12.0 Å².